The average Bonchev–Trinajstić information content (AvgIpc) is 2.34. The van der Waals surface area contributed by atoms with Gasteiger partial charge in [-0.15, -0.1) is 0 Å². The van der Waals surface area contributed by atoms with Crippen molar-refractivity contribution in [1.29, 1.82) is 0 Å². The van der Waals surface area contributed by atoms with Crippen molar-refractivity contribution < 1.29 is 4.92 Å². The van der Waals surface area contributed by atoms with Gasteiger partial charge in [-0.1, -0.05) is 6.92 Å². The number of hydrogen-bond acceptors (Lipinski definition) is 6. The standard InChI is InChI=1S/C10H17N5O2/c1-4-6-14(5-2)10-8(15(16)17)9(11-3)12-7-13-10/h7H,4-6H2,1-3H3,(H,11,12,13). The van der Waals surface area contributed by atoms with Crippen LogP contribution in [0.2, 0.25) is 0 Å². The molecular weight excluding hydrogens is 222 g/mol. The molecule has 0 radical (unpaired) electrons. The molecule has 1 aromatic heterocycles. The highest BCUT2D eigenvalue weighted by atomic mass is 16.6. The zero-order chi connectivity index (χ0) is 12.8. The molecule has 1 heterocycles. The van der Waals surface area contributed by atoms with Gasteiger partial charge in [0.15, 0.2) is 0 Å². The van der Waals surface area contributed by atoms with Gasteiger partial charge in [0.05, 0.1) is 4.92 Å². The van der Waals surface area contributed by atoms with Crippen LogP contribution >= 0.6 is 0 Å². The van der Waals surface area contributed by atoms with E-state index in [0.29, 0.717) is 12.4 Å². The number of nitrogens with zero attached hydrogens (tertiary/aromatic N) is 4. The highest BCUT2D eigenvalue weighted by molar-refractivity contribution is 5.70. The summed E-state index contributed by atoms with van der Waals surface area (Å²) in [5.41, 5.74) is -0.0645. The molecule has 17 heavy (non-hydrogen) atoms. The van der Waals surface area contributed by atoms with Gasteiger partial charge in [-0.25, -0.2) is 9.97 Å². The van der Waals surface area contributed by atoms with Crippen molar-refractivity contribution in [3.8, 4) is 0 Å². The molecule has 1 aromatic rings. The highest BCUT2D eigenvalue weighted by Gasteiger charge is 2.25. The molecule has 0 saturated carbocycles. The maximum absolute atomic E-state index is 11.1. The SMILES string of the molecule is CCCN(CC)c1ncnc(NC)c1[N+](=O)[O-]. The lowest BCUT2D eigenvalue weighted by Crippen LogP contribution is -2.25. The summed E-state index contributed by atoms with van der Waals surface area (Å²) in [7, 11) is 1.61. The Kier molecular flexibility index (Phi) is 4.62. The number of anilines is 2. The molecule has 7 heteroatoms. The molecular formula is C10H17N5O2. The van der Waals surface area contributed by atoms with Gasteiger partial charge in [-0.3, -0.25) is 10.1 Å². The molecule has 0 aromatic carbocycles. The molecule has 0 amide bonds. The van der Waals surface area contributed by atoms with Crippen LogP contribution in [0.25, 0.3) is 0 Å². The van der Waals surface area contributed by atoms with E-state index in [0.717, 1.165) is 13.0 Å². The maximum atomic E-state index is 11.1. The first-order chi connectivity index (χ1) is 8.15. The predicted molar refractivity (Wildman–Crippen MR) is 66.4 cm³/mol. The summed E-state index contributed by atoms with van der Waals surface area (Å²) >= 11 is 0. The number of nitro groups is 1. The number of hydrogen-bond donors (Lipinski definition) is 1. The van der Waals surface area contributed by atoms with E-state index in [1.807, 2.05) is 18.7 Å². The Labute approximate surface area is 100 Å². The normalized spacial score (nSPS) is 10.1. The largest absolute Gasteiger partial charge is 0.367 e. The highest BCUT2D eigenvalue weighted by Crippen LogP contribution is 2.31. The molecule has 0 fully saturated rings. The Balaban J connectivity index is 3.25. The van der Waals surface area contributed by atoms with E-state index in [-0.39, 0.29) is 11.5 Å². The molecule has 0 spiro atoms. The Hall–Kier alpha value is -1.92. The fourth-order valence-corrected chi connectivity index (χ4v) is 1.64. The van der Waals surface area contributed by atoms with Crippen molar-refractivity contribution in [2.45, 2.75) is 20.3 Å². The van der Waals surface area contributed by atoms with Gasteiger partial charge in [-0.2, -0.15) is 0 Å². The van der Waals surface area contributed by atoms with Crippen LogP contribution in [0.5, 0.6) is 0 Å². The minimum Gasteiger partial charge on any atom is -0.367 e. The van der Waals surface area contributed by atoms with Crippen molar-refractivity contribution in [2.24, 2.45) is 0 Å². The summed E-state index contributed by atoms with van der Waals surface area (Å²) in [6.45, 7) is 5.38. The van der Waals surface area contributed by atoms with E-state index in [1.165, 1.54) is 6.33 Å². The lowest BCUT2D eigenvalue weighted by Gasteiger charge is -2.20. The van der Waals surface area contributed by atoms with Crippen LogP contribution in [0.1, 0.15) is 20.3 Å². The zero-order valence-electron chi connectivity index (χ0n) is 10.3. The molecule has 0 aliphatic rings. The minimum absolute atomic E-state index is 0.0645. The van der Waals surface area contributed by atoms with E-state index in [2.05, 4.69) is 15.3 Å². The minimum atomic E-state index is -0.445. The summed E-state index contributed by atoms with van der Waals surface area (Å²) in [6.07, 6.45) is 2.25. The molecule has 94 valence electrons. The van der Waals surface area contributed by atoms with E-state index in [9.17, 15) is 10.1 Å². The lowest BCUT2D eigenvalue weighted by atomic mass is 10.3. The van der Waals surface area contributed by atoms with Crippen molar-refractivity contribution in [3.05, 3.63) is 16.4 Å². The molecule has 0 bridgehead atoms. The first-order valence-corrected chi connectivity index (χ1v) is 5.57. The van der Waals surface area contributed by atoms with Gasteiger partial charge >= 0.3 is 5.69 Å². The van der Waals surface area contributed by atoms with Gasteiger partial charge in [-0.05, 0) is 13.3 Å². The molecule has 1 rings (SSSR count). The molecule has 0 aliphatic carbocycles. The third-order valence-corrected chi connectivity index (χ3v) is 2.40. The monoisotopic (exact) mass is 239 g/mol. The molecule has 1 N–H and O–H groups in total. The maximum Gasteiger partial charge on any atom is 0.353 e. The Morgan fingerprint density at radius 1 is 1.47 bits per heavy atom. The predicted octanol–water partition coefficient (Wildman–Crippen LogP) is 1.66. The second kappa shape index (κ2) is 5.97. The topological polar surface area (TPSA) is 84.2 Å². The summed E-state index contributed by atoms with van der Waals surface area (Å²) in [5.74, 6) is 0.619. The van der Waals surface area contributed by atoms with Crippen LogP contribution in [0, 0.1) is 10.1 Å². The summed E-state index contributed by atoms with van der Waals surface area (Å²) in [6, 6.07) is 0. The van der Waals surface area contributed by atoms with Gasteiger partial charge in [0.1, 0.15) is 6.33 Å². The van der Waals surface area contributed by atoms with Crippen LogP contribution in [0.15, 0.2) is 6.33 Å². The van der Waals surface area contributed by atoms with Gasteiger partial charge in [0.2, 0.25) is 11.6 Å². The van der Waals surface area contributed by atoms with Gasteiger partial charge < -0.3 is 10.2 Å². The van der Waals surface area contributed by atoms with Crippen molar-refractivity contribution in [2.75, 3.05) is 30.4 Å². The molecule has 0 unspecified atom stereocenters. The first kappa shape index (κ1) is 13.1. The summed E-state index contributed by atoms with van der Waals surface area (Å²) in [4.78, 5) is 20.4. The zero-order valence-corrected chi connectivity index (χ0v) is 10.3. The van der Waals surface area contributed by atoms with Crippen molar-refractivity contribution >= 4 is 17.3 Å². The van der Waals surface area contributed by atoms with Crippen LogP contribution in [-0.4, -0.2) is 35.0 Å². The average molecular weight is 239 g/mol. The Bertz CT molecular complexity index is 396. The Morgan fingerprint density at radius 2 is 2.18 bits per heavy atom. The Morgan fingerprint density at radius 3 is 2.65 bits per heavy atom. The third-order valence-electron chi connectivity index (χ3n) is 2.40. The van der Waals surface area contributed by atoms with E-state index < -0.39 is 4.92 Å². The third kappa shape index (κ3) is 2.80. The molecule has 0 aliphatic heterocycles. The number of rotatable bonds is 6. The molecule has 7 nitrogen and oxygen atoms in total. The first-order valence-electron chi connectivity index (χ1n) is 5.57. The smallest absolute Gasteiger partial charge is 0.353 e. The van der Waals surface area contributed by atoms with Crippen LogP contribution < -0.4 is 10.2 Å². The second-order valence-electron chi connectivity index (χ2n) is 3.48. The number of aromatic nitrogens is 2. The summed E-state index contributed by atoms with van der Waals surface area (Å²) < 4.78 is 0. The van der Waals surface area contributed by atoms with Crippen LogP contribution in [0.4, 0.5) is 17.3 Å². The quantitative estimate of drug-likeness (QED) is 0.600. The fourth-order valence-electron chi connectivity index (χ4n) is 1.64. The van der Waals surface area contributed by atoms with Crippen LogP contribution in [-0.2, 0) is 0 Å². The van der Waals surface area contributed by atoms with E-state index in [4.69, 9.17) is 0 Å². The van der Waals surface area contributed by atoms with Crippen molar-refractivity contribution in [3.63, 3.8) is 0 Å². The number of nitrogens with one attached hydrogen (secondary N) is 1. The van der Waals surface area contributed by atoms with Crippen molar-refractivity contribution in [1.82, 2.24) is 9.97 Å². The van der Waals surface area contributed by atoms with Gasteiger partial charge in [0, 0.05) is 20.1 Å². The summed E-state index contributed by atoms with van der Waals surface area (Å²) in [5, 5.41) is 13.8. The molecule has 0 saturated heterocycles. The van der Waals surface area contributed by atoms with E-state index >= 15 is 0 Å². The van der Waals surface area contributed by atoms with E-state index in [1.54, 1.807) is 7.05 Å². The van der Waals surface area contributed by atoms with Crippen LogP contribution in [0.3, 0.4) is 0 Å². The fraction of sp³-hybridized carbons (Fsp3) is 0.600. The second-order valence-corrected chi connectivity index (χ2v) is 3.48. The van der Waals surface area contributed by atoms with Gasteiger partial charge in [0.25, 0.3) is 0 Å². The lowest BCUT2D eigenvalue weighted by molar-refractivity contribution is -0.383. The molecule has 0 atom stereocenters.